The smallest absolute Gasteiger partial charge is 0.545 e. The predicted molar refractivity (Wildman–Crippen MR) is 129 cm³/mol. The van der Waals surface area contributed by atoms with E-state index in [4.69, 9.17) is 0 Å². The van der Waals surface area contributed by atoms with Crippen molar-refractivity contribution in [3.8, 4) is 22.3 Å². The van der Waals surface area contributed by atoms with E-state index in [9.17, 15) is 14.7 Å². The second-order valence-electron chi connectivity index (χ2n) is 7.74. The van der Waals surface area contributed by atoms with Gasteiger partial charge in [0.15, 0.2) is 0 Å². The van der Waals surface area contributed by atoms with Gasteiger partial charge in [-0.15, -0.1) is 0 Å². The summed E-state index contributed by atoms with van der Waals surface area (Å²) < 4.78 is 0. The number of anilines is 1. The van der Waals surface area contributed by atoms with Gasteiger partial charge in [-0.25, -0.2) is 0 Å². The number of aromatic nitrogens is 2. The van der Waals surface area contributed by atoms with E-state index >= 15 is 0 Å². The van der Waals surface area contributed by atoms with Gasteiger partial charge in [-0.3, -0.25) is 14.8 Å². The van der Waals surface area contributed by atoms with Crippen LogP contribution >= 0.6 is 0 Å². The molecule has 2 heterocycles. The molecule has 0 unspecified atom stereocenters. The molecule has 2 aromatic heterocycles. The van der Waals surface area contributed by atoms with Gasteiger partial charge in [0.05, 0.1) is 17.2 Å². The topological polar surface area (TPSA) is 95.0 Å². The molecule has 35 heavy (non-hydrogen) atoms. The molecule has 0 saturated carbocycles. The minimum atomic E-state index is -1.38. The minimum absolute atomic E-state index is 0. The van der Waals surface area contributed by atoms with E-state index in [-0.39, 0.29) is 40.8 Å². The Kier molecular flexibility index (Phi) is 7.36. The molecule has 5 rings (SSSR count). The van der Waals surface area contributed by atoms with E-state index in [0.717, 1.165) is 33.0 Å². The second kappa shape index (κ2) is 10.6. The Morgan fingerprint density at radius 3 is 2.26 bits per heavy atom. The maximum absolute atomic E-state index is 13.1. The van der Waals surface area contributed by atoms with Crippen LogP contribution < -0.4 is 40.0 Å². The molecular weight excluding hydrogens is 449 g/mol. The standard InChI is InChI=1S/C28H19N3O3.Na/c32-27(22-12-21(15-29-16-22)18-6-2-1-3-7-18)31-26-13-19(10-11-24(26)28(33)34)25-17-30-14-20-8-4-5-9-23(20)25;/h1-17H,(H,31,32)(H,33,34);/q;+1/p-1. The Morgan fingerprint density at radius 1 is 0.714 bits per heavy atom. The van der Waals surface area contributed by atoms with Crippen LogP contribution in [0.3, 0.4) is 0 Å². The number of hydrogen-bond acceptors (Lipinski definition) is 5. The van der Waals surface area contributed by atoms with Crippen molar-refractivity contribution in [2.24, 2.45) is 0 Å². The zero-order valence-electron chi connectivity index (χ0n) is 18.9. The Balaban J connectivity index is 0.00000289. The Bertz CT molecular complexity index is 1530. The van der Waals surface area contributed by atoms with Crippen LogP contribution in [0, 0.1) is 0 Å². The summed E-state index contributed by atoms with van der Waals surface area (Å²) in [7, 11) is 0. The molecule has 3 aromatic carbocycles. The fourth-order valence-corrected chi connectivity index (χ4v) is 3.89. The van der Waals surface area contributed by atoms with Crippen molar-refractivity contribution >= 4 is 28.3 Å². The van der Waals surface area contributed by atoms with Crippen molar-refractivity contribution in [3.05, 3.63) is 115 Å². The molecule has 164 valence electrons. The second-order valence-corrected chi connectivity index (χ2v) is 7.74. The van der Waals surface area contributed by atoms with E-state index in [0.29, 0.717) is 5.56 Å². The number of fused-ring (bicyclic) bond motifs is 1. The number of pyridine rings is 2. The third-order valence-electron chi connectivity index (χ3n) is 5.57. The number of aromatic carboxylic acids is 1. The van der Waals surface area contributed by atoms with E-state index in [2.05, 4.69) is 15.3 Å². The van der Waals surface area contributed by atoms with Crippen LogP contribution in [0.1, 0.15) is 20.7 Å². The van der Waals surface area contributed by atoms with Crippen molar-refractivity contribution in [1.29, 1.82) is 0 Å². The maximum atomic E-state index is 13.1. The zero-order valence-corrected chi connectivity index (χ0v) is 20.9. The van der Waals surface area contributed by atoms with Gasteiger partial charge in [-0.05, 0) is 28.6 Å². The van der Waals surface area contributed by atoms with Crippen molar-refractivity contribution in [1.82, 2.24) is 9.97 Å². The van der Waals surface area contributed by atoms with Crippen LogP contribution in [0.4, 0.5) is 5.69 Å². The SMILES string of the molecule is O=C(Nc1cc(-c2cncc3ccccc23)ccc1C(=O)[O-])c1cncc(-c2ccccc2)c1.[Na+]. The average molecular weight is 467 g/mol. The molecule has 0 aliphatic rings. The first kappa shape index (κ1) is 24.3. The molecule has 0 saturated heterocycles. The van der Waals surface area contributed by atoms with E-state index in [1.807, 2.05) is 54.6 Å². The van der Waals surface area contributed by atoms with Gasteiger partial charge in [-0.2, -0.15) is 0 Å². The average Bonchev–Trinajstić information content (AvgIpc) is 2.88. The summed E-state index contributed by atoms with van der Waals surface area (Å²) >= 11 is 0. The third-order valence-corrected chi connectivity index (χ3v) is 5.57. The van der Waals surface area contributed by atoms with Gasteiger partial charge in [0.2, 0.25) is 0 Å². The summed E-state index contributed by atoms with van der Waals surface area (Å²) in [6.45, 7) is 0. The Labute approximate surface area is 224 Å². The van der Waals surface area contributed by atoms with Crippen LogP contribution in [0.15, 0.2) is 104 Å². The number of hydrogen-bond donors (Lipinski definition) is 1. The summed E-state index contributed by atoms with van der Waals surface area (Å²) in [5, 5.41) is 16.4. The predicted octanol–water partition coefficient (Wildman–Crippen LogP) is 1.58. The van der Waals surface area contributed by atoms with Crippen molar-refractivity contribution in [2.75, 3.05) is 5.32 Å². The molecule has 0 radical (unpaired) electrons. The number of benzene rings is 3. The van der Waals surface area contributed by atoms with Gasteiger partial charge < -0.3 is 15.2 Å². The summed E-state index contributed by atoms with van der Waals surface area (Å²) in [6.07, 6.45) is 6.60. The van der Waals surface area contributed by atoms with Crippen molar-refractivity contribution < 1.29 is 44.3 Å². The van der Waals surface area contributed by atoms with Crippen molar-refractivity contribution in [2.45, 2.75) is 0 Å². The Morgan fingerprint density at radius 2 is 1.46 bits per heavy atom. The van der Waals surface area contributed by atoms with Crippen molar-refractivity contribution in [3.63, 3.8) is 0 Å². The fraction of sp³-hybridized carbons (Fsp3) is 0. The molecule has 1 N–H and O–H groups in total. The quantitative estimate of drug-likeness (QED) is 0.396. The van der Waals surface area contributed by atoms with Gasteiger partial charge >= 0.3 is 29.6 Å². The number of nitrogens with one attached hydrogen (secondary N) is 1. The molecule has 0 bridgehead atoms. The zero-order chi connectivity index (χ0) is 23.5. The maximum Gasteiger partial charge on any atom is 1.00 e. The van der Waals surface area contributed by atoms with E-state index < -0.39 is 11.9 Å². The summed E-state index contributed by atoms with van der Waals surface area (Å²) in [5.41, 5.74) is 3.59. The largest absolute Gasteiger partial charge is 1.00 e. The first-order valence-corrected chi connectivity index (χ1v) is 10.6. The molecule has 7 heteroatoms. The molecular formula is C28H18N3NaO3. The fourth-order valence-electron chi connectivity index (χ4n) is 3.89. The normalized spacial score (nSPS) is 10.4. The molecule has 0 atom stereocenters. The number of carboxylic acid groups (broad SMARTS) is 1. The van der Waals surface area contributed by atoms with Crippen LogP contribution in [0.2, 0.25) is 0 Å². The summed E-state index contributed by atoms with van der Waals surface area (Å²) in [6, 6.07) is 23.8. The van der Waals surface area contributed by atoms with E-state index in [1.54, 1.807) is 36.8 Å². The molecule has 1 amide bonds. The number of nitrogens with zero attached hydrogens (tertiary/aromatic N) is 2. The first-order valence-electron chi connectivity index (χ1n) is 10.6. The minimum Gasteiger partial charge on any atom is -0.545 e. The van der Waals surface area contributed by atoms with Gasteiger partial charge in [0.1, 0.15) is 0 Å². The molecule has 0 aliphatic carbocycles. The number of amides is 1. The van der Waals surface area contributed by atoms with Crippen LogP contribution in [-0.4, -0.2) is 21.8 Å². The number of carbonyl (C=O) groups is 2. The number of carbonyl (C=O) groups excluding carboxylic acids is 2. The van der Waals surface area contributed by atoms with Gasteiger partial charge in [0, 0.05) is 46.9 Å². The summed E-state index contributed by atoms with van der Waals surface area (Å²) in [5.74, 6) is -1.85. The van der Waals surface area contributed by atoms with Crippen LogP contribution in [0.25, 0.3) is 33.0 Å². The van der Waals surface area contributed by atoms with Gasteiger partial charge in [0.25, 0.3) is 5.91 Å². The molecule has 0 spiro atoms. The number of carboxylic acids is 1. The monoisotopic (exact) mass is 467 g/mol. The van der Waals surface area contributed by atoms with Crippen LogP contribution in [-0.2, 0) is 0 Å². The van der Waals surface area contributed by atoms with Gasteiger partial charge in [-0.1, -0.05) is 66.7 Å². The van der Waals surface area contributed by atoms with Crippen LogP contribution in [0.5, 0.6) is 0 Å². The first-order chi connectivity index (χ1) is 16.6. The molecule has 6 nitrogen and oxygen atoms in total. The summed E-state index contributed by atoms with van der Waals surface area (Å²) in [4.78, 5) is 33.3. The molecule has 5 aromatic rings. The molecule has 0 fully saturated rings. The molecule has 0 aliphatic heterocycles. The number of rotatable bonds is 5. The third kappa shape index (κ3) is 5.15. The Hall–Kier alpha value is -3.84. The van der Waals surface area contributed by atoms with E-state index in [1.165, 1.54) is 12.3 Å².